The first-order chi connectivity index (χ1) is 9.04. The average molecular weight is 287 g/mol. The van der Waals surface area contributed by atoms with E-state index in [0.717, 1.165) is 17.7 Å². The van der Waals surface area contributed by atoms with Crippen LogP contribution in [0.5, 0.6) is 11.5 Å². The molecule has 0 saturated heterocycles. The maximum atomic E-state index is 9.60. The summed E-state index contributed by atoms with van der Waals surface area (Å²) in [6.07, 6.45) is 0.670. The van der Waals surface area contributed by atoms with Gasteiger partial charge in [0.15, 0.2) is 0 Å². The number of hydrogen-bond donors (Lipinski definition) is 1. The Hall–Kier alpha value is -0.905. The SMILES string of the molecule is Cc1c(OCCCCl)cccc1OB(O)OC(C)C. The largest absolute Gasteiger partial charge is 0.710 e. The molecule has 19 heavy (non-hydrogen) atoms. The van der Waals surface area contributed by atoms with Crippen molar-refractivity contribution in [1.82, 2.24) is 0 Å². The molecule has 1 N–H and O–H groups in total. The van der Waals surface area contributed by atoms with Crippen LogP contribution in [0, 0.1) is 6.92 Å². The molecule has 0 aromatic heterocycles. The van der Waals surface area contributed by atoms with Crippen molar-refractivity contribution in [1.29, 1.82) is 0 Å². The normalized spacial score (nSPS) is 10.6. The van der Waals surface area contributed by atoms with E-state index in [9.17, 15) is 5.02 Å². The molecule has 6 heteroatoms. The van der Waals surface area contributed by atoms with Crippen LogP contribution >= 0.6 is 11.6 Å². The number of alkyl halides is 1. The Bertz CT molecular complexity index is 387. The predicted molar refractivity (Wildman–Crippen MR) is 76.8 cm³/mol. The summed E-state index contributed by atoms with van der Waals surface area (Å²) in [4.78, 5) is 0. The highest BCUT2D eigenvalue weighted by molar-refractivity contribution is 6.35. The van der Waals surface area contributed by atoms with Gasteiger partial charge in [-0.2, -0.15) is 0 Å². The van der Waals surface area contributed by atoms with Gasteiger partial charge in [-0.1, -0.05) is 6.07 Å². The van der Waals surface area contributed by atoms with E-state index < -0.39 is 7.32 Å². The molecule has 106 valence electrons. The summed E-state index contributed by atoms with van der Waals surface area (Å²) in [5, 5.41) is 9.60. The Morgan fingerprint density at radius 1 is 1.32 bits per heavy atom. The first-order valence-corrected chi connectivity index (χ1v) is 6.86. The number of benzene rings is 1. The molecule has 0 fully saturated rings. The summed E-state index contributed by atoms with van der Waals surface area (Å²) in [5.41, 5.74) is 0.823. The molecule has 0 spiro atoms. The fourth-order valence-electron chi connectivity index (χ4n) is 1.48. The Morgan fingerprint density at radius 3 is 2.63 bits per heavy atom. The van der Waals surface area contributed by atoms with Crippen molar-refractivity contribution < 1.29 is 19.1 Å². The lowest BCUT2D eigenvalue weighted by atomic mass is 10.1. The van der Waals surface area contributed by atoms with Gasteiger partial charge in [-0.3, -0.25) is 0 Å². The lowest BCUT2D eigenvalue weighted by molar-refractivity contribution is 0.148. The van der Waals surface area contributed by atoms with Gasteiger partial charge in [0.25, 0.3) is 0 Å². The Labute approximate surface area is 119 Å². The smallest absolute Gasteiger partial charge is 0.512 e. The monoisotopic (exact) mass is 286 g/mol. The molecule has 4 nitrogen and oxygen atoms in total. The first kappa shape index (κ1) is 16.2. The van der Waals surface area contributed by atoms with Crippen LogP contribution in [0.2, 0.25) is 0 Å². The average Bonchev–Trinajstić information content (AvgIpc) is 2.33. The van der Waals surface area contributed by atoms with Gasteiger partial charge in [0.05, 0.1) is 6.61 Å². The molecule has 0 atom stereocenters. The summed E-state index contributed by atoms with van der Waals surface area (Å²) >= 11 is 5.60. The topological polar surface area (TPSA) is 47.9 Å². The third-order valence-corrected chi connectivity index (χ3v) is 2.65. The van der Waals surface area contributed by atoms with Gasteiger partial charge in [-0.25, -0.2) is 0 Å². The van der Waals surface area contributed by atoms with Crippen molar-refractivity contribution in [3.05, 3.63) is 23.8 Å². The second kappa shape index (κ2) is 8.30. The second-order valence-corrected chi connectivity index (χ2v) is 4.76. The molecule has 0 heterocycles. The summed E-state index contributed by atoms with van der Waals surface area (Å²) < 4.78 is 16.0. The van der Waals surface area contributed by atoms with Crippen molar-refractivity contribution in [3.63, 3.8) is 0 Å². The Morgan fingerprint density at radius 2 is 2.00 bits per heavy atom. The van der Waals surface area contributed by atoms with E-state index in [2.05, 4.69) is 0 Å². The minimum absolute atomic E-state index is 0.113. The third-order valence-electron chi connectivity index (χ3n) is 2.39. The highest BCUT2D eigenvalue weighted by atomic mass is 35.5. The second-order valence-electron chi connectivity index (χ2n) is 4.38. The zero-order valence-corrected chi connectivity index (χ0v) is 12.3. The van der Waals surface area contributed by atoms with E-state index in [1.54, 1.807) is 12.1 Å². The first-order valence-electron chi connectivity index (χ1n) is 6.33. The zero-order chi connectivity index (χ0) is 14.3. The zero-order valence-electron chi connectivity index (χ0n) is 11.6. The van der Waals surface area contributed by atoms with Gasteiger partial charge in [-0.15, -0.1) is 11.6 Å². The van der Waals surface area contributed by atoms with Crippen molar-refractivity contribution in [3.8, 4) is 11.5 Å². The molecular formula is C13H20BClO4. The maximum absolute atomic E-state index is 9.60. The maximum Gasteiger partial charge on any atom is 0.710 e. The van der Waals surface area contributed by atoms with Gasteiger partial charge in [0, 0.05) is 17.5 Å². The molecule has 0 bridgehead atoms. The minimum Gasteiger partial charge on any atom is -0.512 e. The van der Waals surface area contributed by atoms with Crippen molar-refractivity contribution >= 4 is 18.9 Å². The molecule has 0 aliphatic heterocycles. The number of rotatable bonds is 8. The van der Waals surface area contributed by atoms with Crippen molar-refractivity contribution in [2.24, 2.45) is 0 Å². The van der Waals surface area contributed by atoms with Gasteiger partial charge in [-0.05, 0) is 39.3 Å². The highest BCUT2D eigenvalue weighted by Gasteiger charge is 2.21. The van der Waals surface area contributed by atoms with Crippen LogP contribution in [0.3, 0.4) is 0 Å². The molecule has 0 aliphatic carbocycles. The molecule has 0 saturated carbocycles. The van der Waals surface area contributed by atoms with Crippen LogP contribution < -0.4 is 9.39 Å². The van der Waals surface area contributed by atoms with E-state index in [0.29, 0.717) is 18.2 Å². The van der Waals surface area contributed by atoms with Gasteiger partial charge in [0.1, 0.15) is 11.5 Å². The van der Waals surface area contributed by atoms with E-state index in [4.69, 9.17) is 25.6 Å². The summed E-state index contributed by atoms with van der Waals surface area (Å²) in [7, 11) is -1.28. The molecule has 0 amide bonds. The fraction of sp³-hybridized carbons (Fsp3) is 0.538. The van der Waals surface area contributed by atoms with Gasteiger partial charge >= 0.3 is 7.32 Å². The van der Waals surface area contributed by atoms with Crippen LogP contribution in [-0.4, -0.2) is 30.9 Å². The molecule has 0 radical (unpaired) electrons. The summed E-state index contributed by atoms with van der Waals surface area (Å²) in [6.45, 7) is 6.07. The summed E-state index contributed by atoms with van der Waals surface area (Å²) in [6, 6.07) is 5.42. The Kier molecular flexibility index (Phi) is 7.06. The Balaban J connectivity index is 2.65. The van der Waals surface area contributed by atoms with Crippen LogP contribution in [0.15, 0.2) is 18.2 Å². The number of hydrogen-bond acceptors (Lipinski definition) is 4. The minimum atomic E-state index is -1.28. The predicted octanol–water partition coefficient (Wildman–Crippen LogP) is 2.78. The fourth-order valence-corrected chi connectivity index (χ4v) is 1.59. The molecule has 1 aromatic carbocycles. The van der Waals surface area contributed by atoms with Crippen molar-refractivity contribution in [2.45, 2.75) is 33.3 Å². The molecule has 1 aromatic rings. The van der Waals surface area contributed by atoms with E-state index in [1.165, 1.54) is 0 Å². The molecular weight excluding hydrogens is 266 g/mol. The van der Waals surface area contributed by atoms with Crippen LogP contribution in [-0.2, 0) is 4.65 Å². The van der Waals surface area contributed by atoms with Gasteiger partial charge in [0.2, 0.25) is 0 Å². The van der Waals surface area contributed by atoms with Crippen LogP contribution in [0.4, 0.5) is 0 Å². The quantitative estimate of drug-likeness (QED) is 0.453. The van der Waals surface area contributed by atoms with E-state index in [1.807, 2.05) is 26.8 Å². The summed E-state index contributed by atoms with van der Waals surface area (Å²) in [5.74, 6) is 1.83. The molecule has 1 rings (SSSR count). The van der Waals surface area contributed by atoms with E-state index in [-0.39, 0.29) is 6.10 Å². The van der Waals surface area contributed by atoms with Gasteiger partial charge < -0.3 is 19.1 Å². The molecule has 0 unspecified atom stereocenters. The standard InChI is InChI=1S/C13H20BClO4/c1-10(2)18-14(16)19-13-7-4-6-12(11(13)3)17-9-5-8-15/h4,6-7,10,16H,5,8-9H2,1-3H3. The number of halogens is 1. The molecule has 0 aliphatic rings. The lowest BCUT2D eigenvalue weighted by Crippen LogP contribution is -2.29. The number of ether oxygens (including phenoxy) is 1. The van der Waals surface area contributed by atoms with Crippen LogP contribution in [0.1, 0.15) is 25.8 Å². The van der Waals surface area contributed by atoms with E-state index >= 15 is 0 Å². The lowest BCUT2D eigenvalue weighted by Gasteiger charge is -2.16. The van der Waals surface area contributed by atoms with Crippen LogP contribution in [0.25, 0.3) is 0 Å². The highest BCUT2D eigenvalue weighted by Crippen LogP contribution is 2.27. The van der Waals surface area contributed by atoms with Crippen molar-refractivity contribution in [2.75, 3.05) is 12.5 Å². The third kappa shape index (κ3) is 5.72.